The lowest BCUT2D eigenvalue weighted by Crippen LogP contribution is -2.62. The molecule has 7 unspecified atom stereocenters. The number of halogens is 3. The van der Waals surface area contributed by atoms with Crippen LogP contribution in [0.25, 0.3) is 0 Å². The summed E-state index contributed by atoms with van der Waals surface area (Å²) in [6.45, 7) is 5.24. The lowest BCUT2D eigenvalue weighted by molar-refractivity contribution is -0.199. The summed E-state index contributed by atoms with van der Waals surface area (Å²) >= 11 is 0. The molecule has 2 fully saturated rings. The first-order chi connectivity index (χ1) is 20.3. The number of carbonyl (C=O) groups is 4. The number of allylic oxidation sites excluding steroid dienone is 3. The molecule has 13 nitrogen and oxygen atoms in total. The van der Waals surface area contributed by atoms with Crippen molar-refractivity contribution in [1.82, 2.24) is 10.7 Å². The van der Waals surface area contributed by atoms with Crippen molar-refractivity contribution in [3.05, 3.63) is 23.4 Å². The minimum absolute atomic E-state index is 0.0209. The molecule has 2 N–H and O–H groups in total. The Labute approximate surface area is 243 Å². The quantitative estimate of drug-likeness (QED) is 0.215. The number of nitrogens with one attached hydrogen (secondary N) is 2. The Hall–Kier alpha value is -4.42. The minimum atomic E-state index is -5.08. The van der Waals surface area contributed by atoms with Crippen LogP contribution < -0.4 is 10.7 Å². The monoisotopic (exact) mass is 613 g/mol. The summed E-state index contributed by atoms with van der Waals surface area (Å²) in [4.78, 5) is 80.4. The van der Waals surface area contributed by atoms with Gasteiger partial charge in [0.1, 0.15) is 18.0 Å². The van der Waals surface area contributed by atoms with Crippen LogP contribution in [0.5, 0.6) is 0 Å². The lowest BCUT2D eigenvalue weighted by Gasteiger charge is -2.63. The summed E-state index contributed by atoms with van der Waals surface area (Å²) in [5.41, 5.74) is 4.09. The van der Waals surface area contributed by atoms with E-state index in [4.69, 9.17) is 23.9 Å². The molecular weight excluding hydrogens is 583 g/mol. The standard InChI is InChI=1S/C25H30F3N3O6.2CO2/c1-11-12(2)15-7-6-14(11)17-18(15)20-19(17)21(16(33)5-4-9-37-24(35)25(26,27)28)30-31-22(20)23(34)29-8-10-36-13(3)32;2*2-1-3/h6-7,11-12,14-15,17-19,31H,4-5,8-10H2,1-3H3,(H,29,34);;. The van der Waals surface area contributed by atoms with Crippen LogP contribution in [-0.4, -0.2) is 67.6 Å². The van der Waals surface area contributed by atoms with Gasteiger partial charge in [0.2, 0.25) is 0 Å². The van der Waals surface area contributed by atoms with Crippen molar-refractivity contribution >= 4 is 41.6 Å². The van der Waals surface area contributed by atoms with Crippen LogP contribution in [-0.2, 0) is 47.8 Å². The zero-order valence-electron chi connectivity index (χ0n) is 23.4. The van der Waals surface area contributed by atoms with Crippen molar-refractivity contribution < 1.29 is 61.0 Å². The summed E-state index contributed by atoms with van der Waals surface area (Å²) in [5.74, 6) is -2.56. The number of carbonyl (C=O) groups excluding carboxylic acids is 8. The molecule has 2 saturated carbocycles. The molecule has 4 aliphatic carbocycles. The van der Waals surface area contributed by atoms with Gasteiger partial charge in [0.25, 0.3) is 5.91 Å². The summed E-state index contributed by atoms with van der Waals surface area (Å²) in [6.07, 6.45) is -0.432. The number of hydrazone groups is 1. The number of Topliss-reactive ketones (excluding diaryl/α,β-unsaturated/α-hetero) is 1. The van der Waals surface area contributed by atoms with Gasteiger partial charge in [-0.25, -0.2) is 4.79 Å². The average molecular weight is 614 g/mol. The van der Waals surface area contributed by atoms with Gasteiger partial charge in [-0.3, -0.25) is 19.8 Å². The van der Waals surface area contributed by atoms with Crippen molar-refractivity contribution in [3.8, 4) is 0 Å². The maximum atomic E-state index is 13.1. The molecule has 5 aliphatic rings. The van der Waals surface area contributed by atoms with E-state index in [9.17, 15) is 32.3 Å². The van der Waals surface area contributed by atoms with Crippen molar-refractivity contribution in [1.29, 1.82) is 0 Å². The Bertz CT molecular complexity index is 1250. The molecule has 2 bridgehead atoms. The number of ketones is 1. The summed E-state index contributed by atoms with van der Waals surface area (Å²) in [6, 6.07) is 0. The predicted octanol–water partition coefficient (Wildman–Crippen LogP) is 1.12. The van der Waals surface area contributed by atoms with Gasteiger partial charge in [-0.15, -0.1) is 0 Å². The Morgan fingerprint density at radius 1 is 0.977 bits per heavy atom. The fourth-order valence-electron chi connectivity index (χ4n) is 6.24. The number of ether oxygens (including phenoxy) is 2. The second-order valence-corrected chi connectivity index (χ2v) is 10.2. The van der Waals surface area contributed by atoms with Crippen LogP contribution >= 0.6 is 0 Å². The molecule has 0 spiro atoms. The smallest absolute Gasteiger partial charge is 0.464 e. The van der Waals surface area contributed by atoms with E-state index >= 15 is 0 Å². The molecule has 0 aromatic heterocycles. The summed E-state index contributed by atoms with van der Waals surface area (Å²) < 4.78 is 46.0. The van der Waals surface area contributed by atoms with E-state index in [0.717, 1.165) is 5.57 Å². The van der Waals surface area contributed by atoms with Gasteiger partial charge in [0, 0.05) is 19.3 Å². The van der Waals surface area contributed by atoms with Crippen LogP contribution in [0.3, 0.4) is 0 Å². The second-order valence-electron chi connectivity index (χ2n) is 10.2. The van der Waals surface area contributed by atoms with Crippen LogP contribution in [0.1, 0.15) is 33.6 Å². The van der Waals surface area contributed by atoms with E-state index in [2.05, 4.69) is 46.6 Å². The zero-order valence-corrected chi connectivity index (χ0v) is 23.4. The van der Waals surface area contributed by atoms with E-state index in [0.29, 0.717) is 11.8 Å². The molecule has 16 heteroatoms. The third-order valence-electron chi connectivity index (χ3n) is 8.04. The third-order valence-corrected chi connectivity index (χ3v) is 8.04. The van der Waals surface area contributed by atoms with Crippen molar-refractivity contribution in [2.45, 2.75) is 39.8 Å². The Morgan fingerprint density at radius 3 is 2.14 bits per heavy atom. The van der Waals surface area contributed by atoms with Crippen LogP contribution in [0.4, 0.5) is 13.2 Å². The van der Waals surface area contributed by atoms with Gasteiger partial charge in [-0.1, -0.05) is 26.0 Å². The van der Waals surface area contributed by atoms with E-state index in [1.54, 1.807) is 0 Å². The molecule has 1 amide bonds. The minimum Gasteiger partial charge on any atom is -0.464 e. The maximum absolute atomic E-state index is 13.1. The molecule has 1 heterocycles. The van der Waals surface area contributed by atoms with Crippen LogP contribution in [0.2, 0.25) is 0 Å². The van der Waals surface area contributed by atoms with Gasteiger partial charge in [0.05, 0.1) is 13.2 Å². The van der Waals surface area contributed by atoms with Crippen LogP contribution in [0.15, 0.2) is 28.5 Å². The fourth-order valence-corrected chi connectivity index (χ4v) is 6.24. The number of fused-ring (bicyclic) bond motifs is 2. The van der Waals surface area contributed by atoms with Crippen LogP contribution in [0, 0.1) is 41.4 Å². The van der Waals surface area contributed by atoms with Gasteiger partial charge in [0.15, 0.2) is 5.78 Å². The van der Waals surface area contributed by atoms with Gasteiger partial charge in [-0.05, 0) is 47.5 Å². The number of amides is 1. The lowest BCUT2D eigenvalue weighted by atomic mass is 9.40. The summed E-state index contributed by atoms with van der Waals surface area (Å²) in [7, 11) is 0. The molecule has 7 atom stereocenters. The normalized spacial score (nSPS) is 27.3. The third kappa shape index (κ3) is 7.90. The average Bonchev–Trinajstić information content (AvgIpc) is 2.93. The maximum Gasteiger partial charge on any atom is 0.490 e. The largest absolute Gasteiger partial charge is 0.490 e. The molecule has 1 aliphatic heterocycles. The molecule has 43 heavy (non-hydrogen) atoms. The number of nitrogens with zero attached hydrogens (tertiary/aromatic N) is 1. The Kier molecular flexibility index (Phi) is 12.3. The van der Waals surface area contributed by atoms with Gasteiger partial charge >= 0.3 is 30.4 Å². The second kappa shape index (κ2) is 15.2. The highest BCUT2D eigenvalue weighted by molar-refractivity contribution is 6.42. The first kappa shape index (κ1) is 34.8. The SMILES string of the molecule is CC(=O)OCCNC(=O)C1=C2C(C(C(=O)CCCOC(=O)C(F)(F)F)=NN1)C1C3C=CC(C(C)C3C)C21.O=C=O.O=C=O. The summed E-state index contributed by atoms with van der Waals surface area (Å²) in [5, 5.41) is 6.96. The van der Waals surface area contributed by atoms with Gasteiger partial charge < -0.3 is 14.8 Å². The molecule has 5 rings (SSSR count). The highest BCUT2D eigenvalue weighted by Crippen LogP contribution is 2.65. The zero-order chi connectivity index (χ0) is 32.5. The first-order valence-electron chi connectivity index (χ1n) is 13.2. The molecule has 0 saturated heterocycles. The number of esters is 2. The van der Waals surface area contributed by atoms with Crippen molar-refractivity contribution in [2.24, 2.45) is 46.5 Å². The fraction of sp³-hybridized carbons (Fsp3) is 0.593. The molecule has 0 aromatic rings. The molecule has 0 aromatic carbocycles. The van der Waals surface area contributed by atoms with E-state index in [1.807, 2.05) is 0 Å². The number of hydrogen-bond donors (Lipinski definition) is 2. The van der Waals surface area contributed by atoms with Crippen molar-refractivity contribution in [2.75, 3.05) is 19.8 Å². The number of hydrogen-bond acceptors (Lipinski definition) is 12. The highest BCUT2D eigenvalue weighted by atomic mass is 19.4. The predicted molar refractivity (Wildman–Crippen MR) is 133 cm³/mol. The highest BCUT2D eigenvalue weighted by Gasteiger charge is 2.63. The molecular formula is C27H30F3N3O10. The topological polar surface area (TPSA) is 191 Å². The van der Waals surface area contributed by atoms with Crippen molar-refractivity contribution in [3.63, 3.8) is 0 Å². The number of alkyl halides is 3. The first-order valence-corrected chi connectivity index (χ1v) is 13.2. The van der Waals surface area contributed by atoms with Gasteiger partial charge in [-0.2, -0.15) is 37.5 Å². The Balaban J connectivity index is 0.000000992. The van der Waals surface area contributed by atoms with E-state index in [-0.39, 0.29) is 85.1 Å². The van der Waals surface area contributed by atoms with E-state index < -0.39 is 30.6 Å². The van der Waals surface area contributed by atoms with E-state index in [1.165, 1.54) is 6.92 Å². The molecule has 0 radical (unpaired) electrons. The Morgan fingerprint density at radius 2 is 1.56 bits per heavy atom. The number of rotatable bonds is 9. The molecule has 234 valence electrons.